The average molecular weight is 328 g/mol. The van der Waals surface area contributed by atoms with Crippen LogP contribution < -0.4 is 0 Å². The maximum atomic E-state index is 14.2. The van der Waals surface area contributed by atoms with Crippen molar-refractivity contribution in [1.82, 2.24) is 9.21 Å². The summed E-state index contributed by atoms with van der Waals surface area (Å²) in [5.41, 5.74) is 0.342. The molecule has 2 saturated heterocycles. The van der Waals surface area contributed by atoms with E-state index < -0.39 is 15.8 Å². The van der Waals surface area contributed by atoms with E-state index in [0.29, 0.717) is 31.7 Å². The van der Waals surface area contributed by atoms with Crippen LogP contribution in [0.4, 0.5) is 4.39 Å². The predicted octanol–water partition coefficient (Wildman–Crippen LogP) is 1.23. The van der Waals surface area contributed by atoms with Gasteiger partial charge in [-0.3, -0.25) is 4.90 Å². The van der Waals surface area contributed by atoms with Crippen molar-refractivity contribution in [3.8, 4) is 0 Å². The summed E-state index contributed by atoms with van der Waals surface area (Å²) in [4.78, 5) is 1.90. The van der Waals surface area contributed by atoms with Gasteiger partial charge in [-0.15, -0.1) is 0 Å². The Morgan fingerprint density at radius 2 is 2.09 bits per heavy atom. The van der Waals surface area contributed by atoms with Gasteiger partial charge in [0.05, 0.1) is 12.7 Å². The van der Waals surface area contributed by atoms with Crippen LogP contribution in [0.3, 0.4) is 0 Å². The Bertz CT molecular complexity index is 665. The number of aryl methyl sites for hydroxylation is 1. The van der Waals surface area contributed by atoms with Gasteiger partial charge in [-0.1, -0.05) is 12.1 Å². The number of likely N-dealkylation sites (N-methyl/N-ethyl adjacent to an activating group) is 1. The fourth-order valence-corrected chi connectivity index (χ4v) is 4.80. The fourth-order valence-electron chi connectivity index (χ4n) is 3.19. The number of morpholine rings is 1. The van der Waals surface area contributed by atoms with Crippen LogP contribution in [0, 0.1) is 12.7 Å². The summed E-state index contributed by atoms with van der Waals surface area (Å²) in [6.45, 7) is 3.75. The van der Waals surface area contributed by atoms with Crippen molar-refractivity contribution in [2.75, 3.05) is 33.3 Å². The van der Waals surface area contributed by atoms with Crippen molar-refractivity contribution in [2.24, 2.45) is 0 Å². The van der Waals surface area contributed by atoms with Crippen molar-refractivity contribution in [3.63, 3.8) is 0 Å². The summed E-state index contributed by atoms with van der Waals surface area (Å²) >= 11 is 0. The lowest BCUT2D eigenvalue weighted by Crippen LogP contribution is -2.59. The molecule has 2 aliphatic heterocycles. The van der Waals surface area contributed by atoms with Crippen molar-refractivity contribution < 1.29 is 17.5 Å². The first-order chi connectivity index (χ1) is 10.4. The van der Waals surface area contributed by atoms with Gasteiger partial charge in [0.25, 0.3) is 0 Å². The Hall–Kier alpha value is -1.02. The van der Waals surface area contributed by atoms with Crippen molar-refractivity contribution >= 4 is 10.0 Å². The monoisotopic (exact) mass is 328 g/mol. The van der Waals surface area contributed by atoms with Crippen molar-refractivity contribution in [2.45, 2.75) is 30.4 Å². The zero-order chi connectivity index (χ0) is 15.9. The molecule has 122 valence electrons. The highest BCUT2D eigenvalue weighted by Crippen LogP contribution is 2.28. The lowest BCUT2D eigenvalue weighted by atomic mass is 10.0. The number of piperidine rings is 1. The highest BCUT2D eigenvalue weighted by Gasteiger charge is 2.40. The van der Waals surface area contributed by atoms with Crippen LogP contribution in [0.2, 0.25) is 0 Å². The van der Waals surface area contributed by atoms with Gasteiger partial charge in [-0.05, 0) is 32.0 Å². The molecule has 0 amide bonds. The second-order valence-corrected chi connectivity index (χ2v) is 7.90. The molecule has 1 aromatic rings. The van der Waals surface area contributed by atoms with Crippen LogP contribution in [0.5, 0.6) is 0 Å². The molecule has 3 rings (SSSR count). The van der Waals surface area contributed by atoms with Crippen LogP contribution in [-0.2, 0) is 14.8 Å². The number of fused-ring (bicyclic) bond motifs is 1. The van der Waals surface area contributed by atoms with Crippen LogP contribution in [0.15, 0.2) is 23.1 Å². The van der Waals surface area contributed by atoms with Gasteiger partial charge in [-0.2, -0.15) is 4.31 Å². The van der Waals surface area contributed by atoms with Crippen LogP contribution in [0.25, 0.3) is 0 Å². The molecule has 2 aliphatic rings. The lowest BCUT2D eigenvalue weighted by molar-refractivity contribution is -0.0840. The van der Waals surface area contributed by atoms with E-state index in [4.69, 9.17) is 4.74 Å². The quantitative estimate of drug-likeness (QED) is 0.819. The molecule has 0 spiro atoms. The number of hydrogen-bond donors (Lipinski definition) is 0. The van der Waals surface area contributed by atoms with Gasteiger partial charge >= 0.3 is 0 Å². The molecule has 2 fully saturated rings. The number of sulfonamides is 1. The summed E-state index contributed by atoms with van der Waals surface area (Å²) in [7, 11) is -1.84. The first kappa shape index (κ1) is 15.9. The fraction of sp³-hybridized carbons (Fsp3) is 0.600. The zero-order valence-corrected chi connectivity index (χ0v) is 13.6. The van der Waals surface area contributed by atoms with Gasteiger partial charge < -0.3 is 4.74 Å². The van der Waals surface area contributed by atoms with E-state index in [1.165, 1.54) is 10.4 Å². The number of ether oxygens (including phenoxy) is 1. The molecular formula is C15H21FN2O3S. The van der Waals surface area contributed by atoms with E-state index >= 15 is 0 Å². The standard InChI is InChI=1S/C15H21FN2O3S/c1-11-4-3-5-14(15(11)16)22(19,20)18-7-6-13-12(10-18)17(2)8-9-21-13/h3-5,12-13H,6-10H2,1-2H3/t12-,13-/m1/s1. The second-order valence-electron chi connectivity index (χ2n) is 6.00. The van der Waals surface area contributed by atoms with Gasteiger partial charge in [0.1, 0.15) is 10.7 Å². The number of benzene rings is 1. The van der Waals surface area contributed by atoms with Crippen molar-refractivity contribution in [1.29, 1.82) is 0 Å². The minimum atomic E-state index is -3.81. The van der Waals surface area contributed by atoms with Gasteiger partial charge in [0.15, 0.2) is 0 Å². The Morgan fingerprint density at radius 3 is 2.86 bits per heavy atom. The smallest absolute Gasteiger partial charge is 0.246 e. The molecule has 0 N–H and O–H groups in total. The van der Waals surface area contributed by atoms with E-state index in [2.05, 4.69) is 4.90 Å². The lowest BCUT2D eigenvalue weighted by Gasteiger charge is -2.45. The maximum absolute atomic E-state index is 14.2. The molecule has 1 aromatic carbocycles. The SMILES string of the molecule is Cc1cccc(S(=O)(=O)N2CC[C@H]3OCCN(C)[C@@H]3C2)c1F. The molecule has 0 saturated carbocycles. The minimum absolute atomic E-state index is 0.0325. The number of halogens is 1. The van der Waals surface area contributed by atoms with Crippen LogP contribution in [-0.4, -0.2) is 63.1 Å². The third-order valence-electron chi connectivity index (χ3n) is 4.60. The largest absolute Gasteiger partial charge is 0.375 e. The second kappa shape index (κ2) is 5.88. The van der Waals surface area contributed by atoms with Gasteiger partial charge in [0, 0.05) is 25.7 Å². The molecule has 2 heterocycles. The Balaban J connectivity index is 1.88. The van der Waals surface area contributed by atoms with Crippen LogP contribution in [0.1, 0.15) is 12.0 Å². The van der Waals surface area contributed by atoms with E-state index in [1.54, 1.807) is 19.1 Å². The topological polar surface area (TPSA) is 49.9 Å². The molecule has 22 heavy (non-hydrogen) atoms. The third-order valence-corrected chi connectivity index (χ3v) is 6.48. The molecule has 5 nitrogen and oxygen atoms in total. The van der Waals surface area contributed by atoms with E-state index in [9.17, 15) is 12.8 Å². The van der Waals surface area contributed by atoms with E-state index in [-0.39, 0.29) is 17.0 Å². The normalized spacial score (nSPS) is 27.6. The summed E-state index contributed by atoms with van der Waals surface area (Å²) in [5.74, 6) is -0.655. The Morgan fingerprint density at radius 1 is 1.32 bits per heavy atom. The van der Waals surface area contributed by atoms with E-state index in [0.717, 1.165) is 6.54 Å². The Labute approximate surface area is 130 Å². The highest BCUT2D eigenvalue weighted by molar-refractivity contribution is 7.89. The van der Waals surface area contributed by atoms with Gasteiger partial charge in [0.2, 0.25) is 10.0 Å². The molecule has 0 bridgehead atoms. The van der Waals surface area contributed by atoms with E-state index in [1.807, 2.05) is 7.05 Å². The minimum Gasteiger partial charge on any atom is -0.375 e. The first-order valence-corrected chi connectivity index (χ1v) is 8.92. The molecule has 0 aromatic heterocycles. The third kappa shape index (κ3) is 2.67. The van der Waals surface area contributed by atoms with Crippen molar-refractivity contribution in [3.05, 3.63) is 29.6 Å². The molecule has 0 aliphatic carbocycles. The molecule has 0 radical (unpaired) electrons. The summed E-state index contributed by atoms with van der Waals surface area (Å²) in [6, 6.07) is 4.52. The highest BCUT2D eigenvalue weighted by atomic mass is 32.2. The Kier molecular flexibility index (Phi) is 4.24. The van der Waals surface area contributed by atoms with Crippen LogP contribution >= 0.6 is 0 Å². The summed E-state index contributed by atoms with van der Waals surface area (Å²) in [5, 5.41) is 0. The first-order valence-electron chi connectivity index (χ1n) is 7.48. The zero-order valence-electron chi connectivity index (χ0n) is 12.8. The predicted molar refractivity (Wildman–Crippen MR) is 80.7 cm³/mol. The molecule has 0 unspecified atom stereocenters. The maximum Gasteiger partial charge on any atom is 0.246 e. The summed E-state index contributed by atoms with van der Waals surface area (Å²) in [6.07, 6.45) is 0.703. The molecule has 2 atom stereocenters. The van der Waals surface area contributed by atoms with Gasteiger partial charge in [-0.25, -0.2) is 12.8 Å². The molecule has 7 heteroatoms. The molecular weight excluding hydrogens is 307 g/mol. The number of rotatable bonds is 2. The number of nitrogens with zero attached hydrogens (tertiary/aromatic N) is 2. The summed E-state index contributed by atoms with van der Waals surface area (Å²) < 4.78 is 46.9. The average Bonchev–Trinajstić information content (AvgIpc) is 2.50. The number of hydrogen-bond acceptors (Lipinski definition) is 4.